The van der Waals surface area contributed by atoms with E-state index in [0.29, 0.717) is 5.58 Å². The highest BCUT2D eigenvalue weighted by molar-refractivity contribution is 5.81. The van der Waals surface area contributed by atoms with Gasteiger partial charge in [-0.15, -0.1) is 0 Å². The van der Waals surface area contributed by atoms with E-state index in [9.17, 15) is 5.11 Å². The molecule has 0 fully saturated rings. The lowest BCUT2D eigenvalue weighted by atomic mass is 9.90. The first kappa shape index (κ1) is 9.06. The van der Waals surface area contributed by atoms with Gasteiger partial charge in [-0.2, -0.15) is 0 Å². The van der Waals surface area contributed by atoms with Gasteiger partial charge in [0.15, 0.2) is 5.58 Å². The van der Waals surface area contributed by atoms with E-state index in [1.807, 2.05) is 0 Å². The molecule has 3 heteroatoms. The van der Waals surface area contributed by atoms with Gasteiger partial charge in [-0.3, -0.25) is 0 Å². The van der Waals surface area contributed by atoms with Crippen LogP contribution >= 0.6 is 0 Å². The van der Waals surface area contributed by atoms with E-state index in [2.05, 4.69) is 25.9 Å². The average molecular weight is 191 g/mol. The molecule has 74 valence electrons. The van der Waals surface area contributed by atoms with E-state index < -0.39 is 0 Å². The molecule has 0 aliphatic heterocycles. The second kappa shape index (κ2) is 2.74. The van der Waals surface area contributed by atoms with Crippen LogP contribution in [0.2, 0.25) is 0 Å². The lowest BCUT2D eigenvalue weighted by Crippen LogP contribution is -2.11. The van der Waals surface area contributed by atoms with Crippen molar-refractivity contribution in [3.05, 3.63) is 23.9 Å². The molecule has 0 aliphatic rings. The minimum absolute atomic E-state index is 0.0704. The normalized spacial score (nSPS) is 12.2. The van der Waals surface area contributed by atoms with Crippen LogP contribution in [0.4, 0.5) is 0 Å². The summed E-state index contributed by atoms with van der Waals surface area (Å²) in [6, 6.07) is 5.01. The Labute approximate surface area is 82.3 Å². The predicted octanol–water partition coefficient (Wildman–Crippen LogP) is 2.83. The maximum atomic E-state index is 9.37. The van der Waals surface area contributed by atoms with Crippen LogP contribution in [-0.2, 0) is 5.41 Å². The summed E-state index contributed by atoms with van der Waals surface area (Å²) in [5, 5.41) is 14.3. The van der Waals surface area contributed by atoms with Crippen molar-refractivity contribution in [3.8, 4) is 5.75 Å². The summed E-state index contributed by atoms with van der Waals surface area (Å²) in [5.41, 5.74) is 1.52. The van der Waals surface area contributed by atoms with Crippen molar-refractivity contribution >= 4 is 11.0 Å². The molecule has 2 aromatic rings. The molecular weight excluding hydrogens is 178 g/mol. The van der Waals surface area contributed by atoms with Crippen LogP contribution in [0.25, 0.3) is 11.0 Å². The summed E-state index contributed by atoms with van der Waals surface area (Å²) in [4.78, 5) is 0. The van der Waals surface area contributed by atoms with Gasteiger partial charge < -0.3 is 9.63 Å². The third-order valence-corrected chi connectivity index (χ3v) is 2.16. The fraction of sp³-hybridized carbons (Fsp3) is 0.364. The minimum atomic E-state index is -0.0704. The fourth-order valence-electron chi connectivity index (χ4n) is 1.47. The van der Waals surface area contributed by atoms with Crippen molar-refractivity contribution in [1.29, 1.82) is 0 Å². The summed E-state index contributed by atoms with van der Waals surface area (Å²) in [7, 11) is 0. The average Bonchev–Trinajstić information content (AvgIpc) is 2.45. The van der Waals surface area contributed by atoms with Crippen LogP contribution in [0.1, 0.15) is 26.5 Å². The SMILES string of the molecule is CC(C)(C)c1noc2ccc(O)cc12. The lowest BCUT2D eigenvalue weighted by Gasteiger charge is -2.14. The Morgan fingerprint density at radius 1 is 1.29 bits per heavy atom. The van der Waals surface area contributed by atoms with E-state index in [0.717, 1.165) is 11.1 Å². The molecule has 3 nitrogen and oxygen atoms in total. The number of fused-ring (bicyclic) bond motifs is 1. The Hall–Kier alpha value is -1.51. The molecule has 1 aromatic heterocycles. The second-order valence-corrected chi connectivity index (χ2v) is 4.46. The Morgan fingerprint density at radius 2 is 2.00 bits per heavy atom. The van der Waals surface area contributed by atoms with Gasteiger partial charge >= 0.3 is 0 Å². The first-order valence-corrected chi connectivity index (χ1v) is 4.57. The maximum absolute atomic E-state index is 9.37. The zero-order chi connectivity index (χ0) is 10.3. The third kappa shape index (κ3) is 1.35. The maximum Gasteiger partial charge on any atom is 0.167 e. The molecule has 0 unspecified atom stereocenters. The molecule has 0 saturated heterocycles. The lowest BCUT2D eigenvalue weighted by molar-refractivity contribution is 0.419. The van der Waals surface area contributed by atoms with Gasteiger partial charge in [-0.05, 0) is 18.2 Å². The largest absolute Gasteiger partial charge is 0.508 e. The van der Waals surface area contributed by atoms with Gasteiger partial charge in [0.1, 0.15) is 5.75 Å². The zero-order valence-electron chi connectivity index (χ0n) is 8.53. The number of aromatic hydroxyl groups is 1. The van der Waals surface area contributed by atoms with Crippen molar-refractivity contribution in [2.24, 2.45) is 0 Å². The number of phenolic OH excluding ortho intramolecular Hbond substituents is 1. The topological polar surface area (TPSA) is 46.3 Å². The molecule has 1 aromatic carbocycles. The first-order valence-electron chi connectivity index (χ1n) is 4.57. The van der Waals surface area contributed by atoms with Crippen LogP contribution in [0.3, 0.4) is 0 Å². The summed E-state index contributed by atoms with van der Waals surface area (Å²) < 4.78 is 5.17. The zero-order valence-corrected chi connectivity index (χ0v) is 8.53. The molecule has 0 bridgehead atoms. The van der Waals surface area contributed by atoms with Crippen LogP contribution in [0.15, 0.2) is 22.7 Å². The quantitative estimate of drug-likeness (QED) is 0.696. The molecule has 1 N–H and O–H groups in total. The van der Waals surface area contributed by atoms with E-state index in [1.165, 1.54) is 0 Å². The van der Waals surface area contributed by atoms with Crippen LogP contribution in [0, 0.1) is 0 Å². The Bertz CT molecular complexity index is 466. The number of aromatic nitrogens is 1. The summed E-state index contributed by atoms with van der Waals surface area (Å²) in [5.74, 6) is 0.242. The number of benzene rings is 1. The van der Waals surface area contributed by atoms with E-state index in [4.69, 9.17) is 4.52 Å². The van der Waals surface area contributed by atoms with Crippen LogP contribution in [-0.4, -0.2) is 10.3 Å². The molecule has 0 radical (unpaired) electrons. The van der Waals surface area contributed by atoms with Gasteiger partial charge in [0.05, 0.1) is 5.69 Å². The highest BCUT2D eigenvalue weighted by Crippen LogP contribution is 2.30. The van der Waals surface area contributed by atoms with Gasteiger partial charge in [0.25, 0.3) is 0 Å². The number of rotatable bonds is 0. The summed E-state index contributed by atoms with van der Waals surface area (Å²) in [6.45, 7) is 6.19. The van der Waals surface area contributed by atoms with E-state index >= 15 is 0 Å². The molecular formula is C11H13NO2. The minimum Gasteiger partial charge on any atom is -0.508 e. The molecule has 0 saturated carbocycles. The highest BCUT2D eigenvalue weighted by atomic mass is 16.5. The number of hydrogen-bond acceptors (Lipinski definition) is 3. The molecule has 0 amide bonds. The molecule has 0 atom stereocenters. The molecule has 1 heterocycles. The molecule has 14 heavy (non-hydrogen) atoms. The third-order valence-electron chi connectivity index (χ3n) is 2.16. The first-order chi connectivity index (χ1) is 6.48. The smallest absolute Gasteiger partial charge is 0.167 e. The van der Waals surface area contributed by atoms with Crippen molar-refractivity contribution in [1.82, 2.24) is 5.16 Å². The van der Waals surface area contributed by atoms with Gasteiger partial charge in [0, 0.05) is 10.8 Å². The van der Waals surface area contributed by atoms with Gasteiger partial charge in [0.2, 0.25) is 0 Å². The monoisotopic (exact) mass is 191 g/mol. The number of nitrogens with zero attached hydrogens (tertiary/aromatic N) is 1. The van der Waals surface area contributed by atoms with Gasteiger partial charge in [-0.1, -0.05) is 25.9 Å². The Kier molecular flexibility index (Phi) is 1.77. The fourth-order valence-corrected chi connectivity index (χ4v) is 1.47. The van der Waals surface area contributed by atoms with Crippen molar-refractivity contribution in [2.75, 3.05) is 0 Å². The van der Waals surface area contributed by atoms with E-state index in [-0.39, 0.29) is 11.2 Å². The Morgan fingerprint density at radius 3 is 2.64 bits per heavy atom. The standard InChI is InChI=1S/C11H13NO2/c1-11(2,3)10-8-6-7(13)4-5-9(8)14-12-10/h4-6,13H,1-3H3. The summed E-state index contributed by atoms with van der Waals surface area (Å²) in [6.07, 6.45) is 0. The van der Waals surface area contributed by atoms with Crippen LogP contribution in [0.5, 0.6) is 5.75 Å². The van der Waals surface area contributed by atoms with Crippen LogP contribution < -0.4 is 0 Å². The molecule has 0 spiro atoms. The van der Waals surface area contributed by atoms with E-state index in [1.54, 1.807) is 18.2 Å². The van der Waals surface area contributed by atoms with Gasteiger partial charge in [-0.25, -0.2) is 0 Å². The predicted molar refractivity (Wildman–Crippen MR) is 54.4 cm³/mol. The number of phenols is 1. The van der Waals surface area contributed by atoms with Crippen molar-refractivity contribution in [2.45, 2.75) is 26.2 Å². The molecule has 0 aliphatic carbocycles. The molecule has 2 rings (SSSR count). The second-order valence-electron chi connectivity index (χ2n) is 4.46. The Balaban J connectivity index is 2.73. The summed E-state index contributed by atoms with van der Waals surface area (Å²) >= 11 is 0. The number of hydrogen-bond donors (Lipinski definition) is 1. The van der Waals surface area contributed by atoms with Crippen molar-refractivity contribution in [3.63, 3.8) is 0 Å². The highest BCUT2D eigenvalue weighted by Gasteiger charge is 2.21. The van der Waals surface area contributed by atoms with Crippen molar-refractivity contribution < 1.29 is 9.63 Å².